The van der Waals surface area contributed by atoms with Crippen LogP contribution in [0.15, 0.2) is 54.6 Å². The second-order valence-electron chi connectivity index (χ2n) is 11.9. The van der Waals surface area contributed by atoms with Gasteiger partial charge in [-0.2, -0.15) is 0 Å². The normalized spacial score (nSPS) is 27.4. The average Bonchev–Trinajstić information content (AvgIpc) is 3.56. The van der Waals surface area contributed by atoms with Gasteiger partial charge in [0.1, 0.15) is 12.2 Å². The predicted molar refractivity (Wildman–Crippen MR) is 149 cm³/mol. The molecule has 2 aliphatic heterocycles. The van der Waals surface area contributed by atoms with Gasteiger partial charge in [-0.1, -0.05) is 74.9 Å². The van der Waals surface area contributed by atoms with Crippen molar-refractivity contribution in [1.29, 1.82) is 0 Å². The number of benzene rings is 2. The number of halogens is 1. The van der Waals surface area contributed by atoms with Crippen LogP contribution in [-0.4, -0.2) is 59.4 Å². The Labute approximate surface area is 230 Å². The Kier molecular flexibility index (Phi) is 8.06. The maximum absolute atomic E-state index is 14.8. The van der Waals surface area contributed by atoms with Crippen molar-refractivity contribution in [3.8, 4) is 0 Å². The number of nitrogens with one attached hydrogen (secondary N) is 1. The molecule has 3 aliphatic rings. The molecule has 2 heterocycles. The van der Waals surface area contributed by atoms with Gasteiger partial charge < -0.3 is 15.1 Å². The van der Waals surface area contributed by atoms with Crippen LogP contribution in [0.3, 0.4) is 0 Å². The van der Waals surface area contributed by atoms with Gasteiger partial charge in [0.25, 0.3) is 0 Å². The molecule has 0 spiro atoms. The van der Waals surface area contributed by atoms with Crippen LogP contribution < -0.4 is 5.32 Å². The third-order valence-electron chi connectivity index (χ3n) is 9.05. The molecule has 6 nitrogen and oxygen atoms in total. The molecule has 0 bridgehead atoms. The van der Waals surface area contributed by atoms with Crippen molar-refractivity contribution in [2.24, 2.45) is 17.8 Å². The van der Waals surface area contributed by atoms with E-state index in [2.05, 4.69) is 31.3 Å². The van der Waals surface area contributed by atoms with Crippen LogP contribution in [0.4, 0.5) is 4.39 Å². The van der Waals surface area contributed by atoms with Gasteiger partial charge in [-0.15, -0.1) is 0 Å². The Morgan fingerprint density at radius 1 is 0.897 bits per heavy atom. The molecule has 0 radical (unpaired) electrons. The molecule has 3 amide bonds. The Bertz CT molecular complexity index is 1180. The summed E-state index contributed by atoms with van der Waals surface area (Å²) in [7, 11) is 0. The fourth-order valence-corrected chi connectivity index (χ4v) is 6.84. The number of hydrogen-bond donors (Lipinski definition) is 1. The molecule has 6 atom stereocenters. The minimum absolute atomic E-state index is 0.00571. The quantitative estimate of drug-likeness (QED) is 0.577. The molecule has 6 unspecified atom stereocenters. The molecule has 1 aliphatic carbocycles. The van der Waals surface area contributed by atoms with E-state index in [1.165, 1.54) is 10.5 Å². The molecule has 1 N–H and O–H groups in total. The van der Waals surface area contributed by atoms with Gasteiger partial charge in [0.2, 0.25) is 17.7 Å². The average molecular weight is 534 g/mol. The summed E-state index contributed by atoms with van der Waals surface area (Å²) in [6.45, 7) is 7.06. The molecule has 2 saturated heterocycles. The Morgan fingerprint density at radius 2 is 1.56 bits per heavy atom. The minimum atomic E-state index is -1.23. The summed E-state index contributed by atoms with van der Waals surface area (Å²) in [5, 5.41) is 3.16. The summed E-state index contributed by atoms with van der Waals surface area (Å²) < 4.78 is 14.8. The zero-order chi connectivity index (χ0) is 27.7. The molecule has 5 rings (SSSR count). The zero-order valence-corrected chi connectivity index (χ0v) is 23.2. The fraction of sp³-hybridized carbons (Fsp3) is 0.531. The third kappa shape index (κ3) is 5.73. The number of rotatable bonds is 6. The molecule has 2 aromatic carbocycles. The maximum Gasteiger partial charge on any atom is 0.243 e. The van der Waals surface area contributed by atoms with Crippen LogP contribution in [0.2, 0.25) is 0 Å². The minimum Gasteiger partial charge on any atom is -0.343 e. The molecule has 0 aromatic heterocycles. The summed E-state index contributed by atoms with van der Waals surface area (Å²) in [4.78, 5) is 43.0. The zero-order valence-electron chi connectivity index (χ0n) is 23.2. The maximum atomic E-state index is 14.8. The van der Waals surface area contributed by atoms with Crippen molar-refractivity contribution in [2.45, 2.75) is 70.6 Å². The van der Waals surface area contributed by atoms with Crippen molar-refractivity contribution < 1.29 is 18.8 Å². The van der Waals surface area contributed by atoms with E-state index in [9.17, 15) is 18.8 Å². The molecule has 1 saturated carbocycles. The van der Waals surface area contributed by atoms with Gasteiger partial charge >= 0.3 is 0 Å². The lowest BCUT2D eigenvalue weighted by molar-refractivity contribution is -0.144. The van der Waals surface area contributed by atoms with Gasteiger partial charge in [-0.05, 0) is 47.3 Å². The van der Waals surface area contributed by atoms with Crippen LogP contribution in [0.25, 0.3) is 0 Å². The first-order chi connectivity index (χ1) is 18.7. The second kappa shape index (κ2) is 11.5. The van der Waals surface area contributed by atoms with E-state index in [4.69, 9.17) is 0 Å². The van der Waals surface area contributed by atoms with Crippen LogP contribution in [0.1, 0.15) is 75.1 Å². The second-order valence-corrected chi connectivity index (χ2v) is 11.9. The first kappa shape index (κ1) is 27.4. The van der Waals surface area contributed by atoms with E-state index in [0.29, 0.717) is 24.9 Å². The number of fused-ring (bicyclic) bond motifs is 1. The first-order valence-corrected chi connectivity index (χ1v) is 14.4. The lowest BCUT2D eigenvalue weighted by atomic mass is 9.73. The van der Waals surface area contributed by atoms with E-state index >= 15 is 0 Å². The van der Waals surface area contributed by atoms with Gasteiger partial charge in [0.15, 0.2) is 0 Å². The summed E-state index contributed by atoms with van der Waals surface area (Å²) in [6.07, 6.45) is 1.41. The number of hydrogen-bond acceptors (Lipinski definition) is 3. The smallest absolute Gasteiger partial charge is 0.243 e. The predicted octanol–water partition coefficient (Wildman–Crippen LogP) is 4.85. The highest BCUT2D eigenvalue weighted by Gasteiger charge is 2.48. The van der Waals surface area contributed by atoms with E-state index in [1.807, 2.05) is 47.4 Å². The molecule has 7 heteroatoms. The van der Waals surface area contributed by atoms with E-state index in [-0.39, 0.29) is 42.5 Å². The van der Waals surface area contributed by atoms with Gasteiger partial charge in [-0.3, -0.25) is 14.4 Å². The summed E-state index contributed by atoms with van der Waals surface area (Å²) >= 11 is 0. The lowest BCUT2D eigenvalue weighted by Gasteiger charge is -2.36. The molecule has 208 valence electrons. The topological polar surface area (TPSA) is 69.7 Å². The largest absolute Gasteiger partial charge is 0.343 e. The number of nitrogens with zero attached hydrogens (tertiary/aromatic N) is 2. The molecular formula is C32H40FN3O3. The first-order valence-electron chi connectivity index (χ1n) is 14.4. The van der Waals surface area contributed by atoms with Crippen LogP contribution in [0.5, 0.6) is 0 Å². The van der Waals surface area contributed by atoms with E-state index < -0.39 is 18.3 Å². The van der Waals surface area contributed by atoms with Gasteiger partial charge in [0.05, 0.1) is 12.6 Å². The van der Waals surface area contributed by atoms with Crippen LogP contribution >= 0.6 is 0 Å². The summed E-state index contributed by atoms with van der Waals surface area (Å²) in [5.74, 6) is 0.0685. The highest BCUT2D eigenvalue weighted by Crippen LogP contribution is 2.42. The van der Waals surface area contributed by atoms with E-state index in [0.717, 1.165) is 30.4 Å². The number of likely N-dealkylation sites (tertiary alicyclic amines) is 2. The molecule has 39 heavy (non-hydrogen) atoms. The third-order valence-corrected chi connectivity index (χ3v) is 9.05. The van der Waals surface area contributed by atoms with Crippen molar-refractivity contribution >= 4 is 17.7 Å². The van der Waals surface area contributed by atoms with Crippen molar-refractivity contribution in [3.05, 3.63) is 71.3 Å². The van der Waals surface area contributed by atoms with Crippen LogP contribution in [-0.2, 0) is 14.4 Å². The fourth-order valence-electron chi connectivity index (χ4n) is 6.84. The molecular weight excluding hydrogens is 493 g/mol. The van der Waals surface area contributed by atoms with Gasteiger partial charge in [-0.25, -0.2) is 4.39 Å². The number of carbonyl (C=O) groups excluding carboxylic acids is 3. The Balaban J connectivity index is 1.36. The molecule has 2 aromatic rings. The monoisotopic (exact) mass is 533 g/mol. The summed E-state index contributed by atoms with van der Waals surface area (Å²) in [5.41, 5.74) is 3.09. The van der Waals surface area contributed by atoms with Crippen LogP contribution in [0, 0.1) is 17.8 Å². The summed E-state index contributed by atoms with van der Waals surface area (Å²) in [6, 6.07) is 16.7. The SMILES string of the molecule is CC(=O)N1CC2CCCC(C(=O)N3CC(F)CC3C(=O)NC(c3ccccc3)c3ccc(C(C)C)cc3)C2C1. The van der Waals surface area contributed by atoms with E-state index in [1.54, 1.807) is 6.92 Å². The highest BCUT2D eigenvalue weighted by atomic mass is 19.1. The van der Waals surface area contributed by atoms with Crippen molar-refractivity contribution in [2.75, 3.05) is 19.6 Å². The van der Waals surface area contributed by atoms with Crippen molar-refractivity contribution in [3.63, 3.8) is 0 Å². The Morgan fingerprint density at radius 3 is 2.23 bits per heavy atom. The highest BCUT2D eigenvalue weighted by molar-refractivity contribution is 5.90. The van der Waals surface area contributed by atoms with Gasteiger partial charge in [0, 0.05) is 32.4 Å². The lowest BCUT2D eigenvalue weighted by Crippen LogP contribution is -2.50. The Hall–Kier alpha value is -3.22. The standard InChI is InChI=1S/C32H40FN3O3/c1-20(2)22-12-14-24(15-13-22)30(23-8-5-4-6-9-23)34-31(38)29-16-26(33)18-36(29)32(39)27-11-7-10-25-17-35(21(3)37)19-28(25)27/h4-6,8-9,12-15,20,25-30H,7,10-11,16-19H2,1-3H3,(H,34,38). The molecule has 3 fully saturated rings. The van der Waals surface area contributed by atoms with Crippen molar-refractivity contribution in [1.82, 2.24) is 15.1 Å². The number of alkyl halides is 1. The number of amides is 3. The number of carbonyl (C=O) groups is 3.